The Morgan fingerprint density at radius 1 is 0.804 bits per heavy atom. The molecule has 244 valence electrons. The van der Waals surface area contributed by atoms with Gasteiger partial charge in [-0.25, -0.2) is 0 Å². The van der Waals surface area contributed by atoms with Gasteiger partial charge < -0.3 is 10.2 Å². The van der Waals surface area contributed by atoms with Gasteiger partial charge >= 0.3 is 0 Å². The van der Waals surface area contributed by atoms with Crippen LogP contribution < -0.4 is 0 Å². The van der Waals surface area contributed by atoms with E-state index in [1.165, 1.54) is 16.7 Å². The van der Waals surface area contributed by atoms with Crippen LogP contribution in [-0.2, 0) is 9.59 Å². The van der Waals surface area contributed by atoms with Gasteiger partial charge in [0.25, 0.3) is 0 Å². The third-order valence-corrected chi connectivity index (χ3v) is 14.8. The van der Waals surface area contributed by atoms with Crippen molar-refractivity contribution in [1.82, 2.24) is 0 Å². The monoisotopic (exact) mass is 620 g/mol. The first kappa shape index (κ1) is 31.6. The molecule has 8 aliphatic carbocycles. The highest BCUT2D eigenvalue weighted by atomic mass is 16.3. The molecular weight excluding hydrogens is 568 g/mol. The maximum absolute atomic E-state index is 11.8. The van der Waals surface area contributed by atoms with Crippen molar-refractivity contribution in [3.05, 3.63) is 83.6 Å². The van der Waals surface area contributed by atoms with Crippen molar-refractivity contribution in [3.63, 3.8) is 0 Å². The van der Waals surface area contributed by atoms with E-state index in [-0.39, 0.29) is 34.7 Å². The van der Waals surface area contributed by atoms with E-state index in [0.717, 1.165) is 50.5 Å². The van der Waals surface area contributed by atoms with Crippen molar-refractivity contribution in [1.29, 1.82) is 0 Å². The van der Waals surface area contributed by atoms with Crippen LogP contribution in [0.3, 0.4) is 0 Å². The predicted molar refractivity (Wildman–Crippen MR) is 184 cm³/mol. The summed E-state index contributed by atoms with van der Waals surface area (Å²) in [6.07, 6.45) is 33.0. The van der Waals surface area contributed by atoms with Gasteiger partial charge in [-0.1, -0.05) is 87.3 Å². The Bertz CT molecular complexity index is 1650. The van der Waals surface area contributed by atoms with Crippen molar-refractivity contribution >= 4 is 11.6 Å². The number of allylic oxidation sites excluding steroid dienone is 12. The molecule has 0 heterocycles. The second-order valence-electron chi connectivity index (χ2n) is 16.6. The van der Waals surface area contributed by atoms with E-state index in [1.54, 1.807) is 6.08 Å². The molecule has 0 aromatic heterocycles. The molecule has 8 aliphatic rings. The molecule has 4 heteroatoms. The van der Waals surface area contributed by atoms with Crippen molar-refractivity contribution in [3.8, 4) is 12.3 Å². The lowest BCUT2D eigenvalue weighted by molar-refractivity contribution is -0.116. The van der Waals surface area contributed by atoms with Crippen molar-refractivity contribution in [2.45, 2.75) is 103 Å². The third-order valence-electron chi connectivity index (χ3n) is 14.8. The van der Waals surface area contributed by atoms with E-state index < -0.39 is 11.2 Å². The minimum absolute atomic E-state index is 0. The van der Waals surface area contributed by atoms with E-state index in [4.69, 9.17) is 6.42 Å². The lowest BCUT2D eigenvalue weighted by Gasteiger charge is -2.52. The molecule has 0 bridgehead atoms. The number of carbonyl (C=O) groups is 2. The Labute approximate surface area is 276 Å². The van der Waals surface area contributed by atoms with Gasteiger partial charge in [0.15, 0.2) is 11.6 Å². The van der Waals surface area contributed by atoms with Crippen LogP contribution in [0.25, 0.3) is 0 Å². The summed E-state index contributed by atoms with van der Waals surface area (Å²) >= 11 is 0. The van der Waals surface area contributed by atoms with E-state index in [9.17, 15) is 19.8 Å². The molecule has 0 spiro atoms. The molecule has 8 rings (SSSR count). The second kappa shape index (κ2) is 10.2. The predicted octanol–water partition coefficient (Wildman–Crippen LogP) is 7.96. The van der Waals surface area contributed by atoms with Gasteiger partial charge in [0.1, 0.15) is 5.60 Å². The molecule has 10 atom stereocenters. The molecule has 2 N–H and O–H groups in total. The molecule has 0 aliphatic heterocycles. The summed E-state index contributed by atoms with van der Waals surface area (Å²) in [5.74, 6) is 4.75. The van der Waals surface area contributed by atoms with Crippen LogP contribution in [0.4, 0.5) is 0 Å². The van der Waals surface area contributed by atoms with Crippen LogP contribution in [-0.4, -0.2) is 33.0 Å². The molecule has 4 nitrogen and oxygen atoms in total. The Balaban J connectivity index is 0.000000161. The van der Waals surface area contributed by atoms with Gasteiger partial charge in [0.2, 0.25) is 0 Å². The van der Waals surface area contributed by atoms with Gasteiger partial charge in [-0.2, -0.15) is 0 Å². The van der Waals surface area contributed by atoms with Gasteiger partial charge in [-0.05, 0) is 86.5 Å². The fourth-order valence-corrected chi connectivity index (χ4v) is 11.3. The Hall–Kier alpha value is -3.00. The summed E-state index contributed by atoms with van der Waals surface area (Å²) in [6.45, 7) is 12.9. The Kier molecular flexibility index (Phi) is 7.04. The van der Waals surface area contributed by atoms with Crippen LogP contribution in [0, 0.1) is 57.7 Å². The molecule has 46 heavy (non-hydrogen) atoms. The first-order valence-corrected chi connectivity index (χ1v) is 17.5. The van der Waals surface area contributed by atoms with Gasteiger partial charge in [-0.3, -0.25) is 9.59 Å². The molecule has 0 radical (unpaired) electrons. The molecule has 0 saturated heterocycles. The van der Waals surface area contributed by atoms with Crippen LogP contribution >= 0.6 is 0 Å². The molecule has 0 amide bonds. The fourth-order valence-electron chi connectivity index (χ4n) is 11.3. The smallest absolute Gasteiger partial charge is 0.156 e. The van der Waals surface area contributed by atoms with Crippen LogP contribution in [0.2, 0.25) is 0 Å². The van der Waals surface area contributed by atoms with Gasteiger partial charge in [-0.15, -0.1) is 13.0 Å². The van der Waals surface area contributed by atoms with Crippen LogP contribution in [0.5, 0.6) is 0 Å². The molecule has 0 aromatic carbocycles. The largest absolute Gasteiger partial charge is 0.385 e. The zero-order valence-corrected chi connectivity index (χ0v) is 28.1. The quantitative estimate of drug-likeness (QED) is 0.230. The van der Waals surface area contributed by atoms with Crippen LogP contribution in [0.15, 0.2) is 83.6 Å². The second-order valence-corrected chi connectivity index (χ2v) is 16.6. The first-order chi connectivity index (χ1) is 21.7. The fraction of sp³-hybridized carbons (Fsp3) is 0.571. The standard InChI is InChI=1S/C21H26O2.C21H24O2.H2/c2*1-4-21(23)12-9-18-16-6-5-14-13-15(22)7-10-19(14,2)17(16)8-11-20(18,21)3;/h4-6,8,13,16,18,23H,1,7,9-12H2,2-3H3;1,5-6,8,13,16,18,23H,7,9-12H2,2-3H3;1H/t2*16?,18?,19-,20-,21-;/m00./s1. The Morgan fingerprint density at radius 2 is 1.28 bits per heavy atom. The van der Waals surface area contributed by atoms with Gasteiger partial charge in [0, 0.05) is 47.8 Å². The molecule has 0 aromatic rings. The van der Waals surface area contributed by atoms with E-state index in [2.05, 4.69) is 76.7 Å². The molecule has 4 unspecified atom stereocenters. The summed E-state index contributed by atoms with van der Waals surface area (Å²) in [6, 6.07) is 0. The summed E-state index contributed by atoms with van der Waals surface area (Å²) in [5, 5.41) is 22.0. The Morgan fingerprint density at radius 3 is 1.78 bits per heavy atom. The maximum Gasteiger partial charge on any atom is 0.156 e. The minimum Gasteiger partial charge on any atom is -0.385 e. The SMILES string of the molecule is C#C[C@]1(O)CCC2C3C=CC4=CC(=O)CC[C@]4(C)C3=CC[C@@]21C.C=C[C@]1(O)CCC2C3C=CC4=CC(=O)CC[C@]4(C)C3=CC[C@@]21C.[HH]. The lowest BCUT2D eigenvalue weighted by Crippen LogP contribution is -2.49. The molecular formula is C42H52O4. The minimum atomic E-state index is -0.993. The lowest BCUT2D eigenvalue weighted by atomic mass is 9.52. The number of aliphatic hydroxyl groups is 2. The number of hydrogen-bond donors (Lipinski definition) is 2. The number of hydrogen-bond acceptors (Lipinski definition) is 4. The van der Waals surface area contributed by atoms with Crippen molar-refractivity contribution < 1.29 is 21.2 Å². The normalized spacial score (nSPS) is 47.9. The molecule has 2 saturated carbocycles. The highest BCUT2D eigenvalue weighted by Crippen LogP contribution is 2.65. The average Bonchev–Trinajstić information content (AvgIpc) is 3.47. The summed E-state index contributed by atoms with van der Waals surface area (Å²) < 4.78 is 0. The highest BCUT2D eigenvalue weighted by molar-refractivity contribution is 5.93. The number of fused-ring (bicyclic) bond motifs is 10. The third kappa shape index (κ3) is 4.07. The number of ketones is 2. The van der Waals surface area contributed by atoms with E-state index in [1.807, 2.05) is 12.2 Å². The topological polar surface area (TPSA) is 74.6 Å². The maximum atomic E-state index is 11.8. The van der Waals surface area contributed by atoms with Crippen LogP contribution in [0.1, 0.15) is 93.3 Å². The number of terminal acetylenes is 1. The molecule has 2 fully saturated rings. The number of carbonyl (C=O) groups excluding carboxylic acids is 2. The van der Waals surface area contributed by atoms with Gasteiger partial charge in [0.05, 0.1) is 5.60 Å². The summed E-state index contributed by atoms with van der Waals surface area (Å²) in [5.41, 5.74) is 3.12. The van der Waals surface area contributed by atoms with E-state index >= 15 is 0 Å². The van der Waals surface area contributed by atoms with Crippen molar-refractivity contribution in [2.75, 3.05) is 0 Å². The highest BCUT2D eigenvalue weighted by Gasteiger charge is 2.62. The first-order valence-electron chi connectivity index (χ1n) is 17.5. The zero-order chi connectivity index (χ0) is 32.9. The zero-order valence-electron chi connectivity index (χ0n) is 28.1. The summed E-state index contributed by atoms with van der Waals surface area (Å²) in [4.78, 5) is 23.6. The average molecular weight is 621 g/mol. The number of rotatable bonds is 1. The van der Waals surface area contributed by atoms with E-state index in [0.29, 0.717) is 42.9 Å². The van der Waals surface area contributed by atoms with Crippen molar-refractivity contribution in [2.24, 2.45) is 45.3 Å². The summed E-state index contributed by atoms with van der Waals surface area (Å²) in [7, 11) is 0.